The first-order valence-corrected chi connectivity index (χ1v) is 17.2. The van der Waals surface area contributed by atoms with E-state index in [1.807, 2.05) is 4.90 Å². The van der Waals surface area contributed by atoms with Crippen LogP contribution in [0, 0.1) is 0 Å². The Morgan fingerprint density at radius 3 is 1.97 bits per heavy atom. The third-order valence-corrected chi connectivity index (χ3v) is 10.9. The zero-order valence-electron chi connectivity index (χ0n) is 22.1. The molecule has 5 heteroatoms. The molecule has 3 aromatic rings. The Hall–Kier alpha value is -2.89. The molecule has 3 aromatic carbocycles. The number of piperidine rings is 2. The normalized spacial score (nSPS) is 24.9. The lowest BCUT2D eigenvalue weighted by Gasteiger charge is -2.51. The summed E-state index contributed by atoms with van der Waals surface area (Å²) in [4.78, 5) is 15.5. The highest BCUT2D eigenvalue weighted by Crippen LogP contribution is 2.46. The highest BCUT2D eigenvalue weighted by atomic mass is 28.3. The van der Waals surface area contributed by atoms with Crippen LogP contribution in [-0.4, -0.2) is 42.9 Å². The number of carbonyl (C=O) groups is 1. The van der Waals surface area contributed by atoms with Gasteiger partial charge in [-0.15, -0.1) is 0 Å². The maximum atomic E-state index is 13.5. The van der Waals surface area contributed by atoms with Crippen molar-refractivity contribution in [3.8, 4) is 11.1 Å². The van der Waals surface area contributed by atoms with Crippen LogP contribution >= 0.6 is 0 Å². The predicted octanol–water partition coefficient (Wildman–Crippen LogP) is 6.39. The molecule has 0 aromatic heterocycles. The Labute approximate surface area is 221 Å². The maximum absolute atomic E-state index is 13.5. The lowest BCUT2D eigenvalue weighted by molar-refractivity contribution is -0.0890. The average molecular weight is 512 g/mol. The summed E-state index contributed by atoms with van der Waals surface area (Å²) in [6, 6.07) is 25.5. The van der Waals surface area contributed by atoms with E-state index in [-0.39, 0.29) is 24.1 Å². The van der Waals surface area contributed by atoms with Crippen molar-refractivity contribution in [3.05, 3.63) is 89.5 Å². The summed E-state index contributed by atoms with van der Waals surface area (Å²) in [5.74, 6) is 0.0581. The number of benzene rings is 3. The summed E-state index contributed by atoms with van der Waals surface area (Å²) in [6.07, 6.45) is 3.83. The van der Waals surface area contributed by atoms with Crippen molar-refractivity contribution in [1.82, 2.24) is 4.90 Å². The molecule has 2 saturated heterocycles. The average Bonchev–Trinajstić information content (AvgIpc) is 3.20. The van der Waals surface area contributed by atoms with E-state index in [1.165, 1.54) is 27.4 Å². The maximum Gasteiger partial charge on any atom is 0.410 e. The number of carbonyl (C=O) groups excluding carboxylic acids is 1. The molecule has 6 rings (SSSR count). The van der Waals surface area contributed by atoms with Crippen LogP contribution < -0.4 is 5.19 Å². The molecule has 0 saturated carbocycles. The SMILES string of the molecule is C[Si](C)(C)c1ccc(C2(O)CC3CCCC(C2)N3C(=O)OCC2c3ccccc3-c3ccccc32)cc1. The van der Waals surface area contributed by atoms with Gasteiger partial charge in [0.25, 0.3) is 0 Å². The van der Waals surface area contributed by atoms with Gasteiger partial charge >= 0.3 is 6.09 Å². The van der Waals surface area contributed by atoms with Crippen LogP contribution in [0.3, 0.4) is 0 Å². The number of amides is 1. The van der Waals surface area contributed by atoms with Gasteiger partial charge in [0.2, 0.25) is 0 Å². The Kier molecular flexibility index (Phi) is 6.04. The van der Waals surface area contributed by atoms with Gasteiger partial charge < -0.3 is 14.7 Å². The van der Waals surface area contributed by atoms with Crippen LogP contribution in [0.15, 0.2) is 72.8 Å². The second-order valence-electron chi connectivity index (χ2n) is 12.2. The Morgan fingerprint density at radius 2 is 1.43 bits per heavy atom. The molecule has 2 heterocycles. The minimum Gasteiger partial charge on any atom is -0.448 e. The first kappa shape index (κ1) is 24.4. The van der Waals surface area contributed by atoms with Crippen LogP contribution in [0.1, 0.15) is 54.7 Å². The van der Waals surface area contributed by atoms with Crippen molar-refractivity contribution < 1.29 is 14.6 Å². The van der Waals surface area contributed by atoms with E-state index < -0.39 is 13.7 Å². The fourth-order valence-electron chi connectivity index (χ4n) is 6.91. The minimum absolute atomic E-state index is 0.00446. The Morgan fingerprint density at radius 1 is 0.892 bits per heavy atom. The molecule has 3 aliphatic rings. The topological polar surface area (TPSA) is 49.8 Å². The molecule has 1 N–H and O–H groups in total. The standard InChI is InChI=1S/C32H37NO3Si/c1-37(2,3)25-17-15-22(16-18-25)32(35)19-23-9-8-10-24(20-32)33(23)31(34)36-21-30-28-13-6-4-11-26(28)27-12-5-7-14-29(27)30/h4-7,11-18,23-24,30,35H,8-10,19-21H2,1-3H3. The molecule has 2 bridgehead atoms. The molecule has 37 heavy (non-hydrogen) atoms. The molecule has 1 aliphatic carbocycles. The second kappa shape index (κ2) is 9.14. The quantitative estimate of drug-likeness (QED) is 0.413. The fraction of sp³-hybridized carbons (Fsp3) is 0.406. The van der Waals surface area contributed by atoms with Gasteiger partial charge in [0.05, 0.1) is 13.7 Å². The monoisotopic (exact) mass is 511 g/mol. The van der Waals surface area contributed by atoms with Gasteiger partial charge in [0, 0.05) is 30.8 Å². The number of rotatable bonds is 4. The van der Waals surface area contributed by atoms with Crippen LogP contribution in [-0.2, 0) is 10.3 Å². The molecule has 0 radical (unpaired) electrons. The van der Waals surface area contributed by atoms with Gasteiger partial charge in [-0.25, -0.2) is 4.79 Å². The van der Waals surface area contributed by atoms with Crippen molar-refractivity contribution in [2.24, 2.45) is 0 Å². The van der Waals surface area contributed by atoms with E-state index in [9.17, 15) is 9.90 Å². The van der Waals surface area contributed by atoms with Crippen molar-refractivity contribution in [2.75, 3.05) is 6.61 Å². The zero-order chi connectivity index (χ0) is 25.8. The smallest absolute Gasteiger partial charge is 0.410 e. The van der Waals surface area contributed by atoms with Crippen LogP contribution in [0.2, 0.25) is 19.6 Å². The molecular weight excluding hydrogens is 474 g/mol. The lowest BCUT2D eigenvalue weighted by Crippen LogP contribution is -2.59. The van der Waals surface area contributed by atoms with Gasteiger partial charge in [-0.3, -0.25) is 0 Å². The number of hydrogen-bond donors (Lipinski definition) is 1. The lowest BCUT2D eigenvalue weighted by atomic mass is 9.73. The fourth-order valence-corrected chi connectivity index (χ4v) is 8.08. The zero-order valence-corrected chi connectivity index (χ0v) is 23.1. The molecule has 192 valence electrons. The molecular formula is C32H37NO3Si. The molecule has 2 unspecified atom stereocenters. The van der Waals surface area contributed by atoms with Crippen LogP contribution in [0.4, 0.5) is 4.79 Å². The molecule has 2 fully saturated rings. The highest BCUT2D eigenvalue weighted by molar-refractivity contribution is 6.88. The van der Waals surface area contributed by atoms with Crippen molar-refractivity contribution in [3.63, 3.8) is 0 Å². The number of aliphatic hydroxyl groups is 1. The van der Waals surface area contributed by atoms with E-state index in [0.717, 1.165) is 24.8 Å². The van der Waals surface area contributed by atoms with Crippen LogP contribution in [0.25, 0.3) is 11.1 Å². The Bertz CT molecular complexity index is 1250. The first-order chi connectivity index (χ1) is 17.7. The van der Waals surface area contributed by atoms with Gasteiger partial charge in [0.1, 0.15) is 6.61 Å². The number of nitrogens with zero attached hydrogens (tertiary/aromatic N) is 1. The number of hydrogen-bond acceptors (Lipinski definition) is 3. The summed E-state index contributed by atoms with van der Waals surface area (Å²) in [6.45, 7) is 7.36. The predicted molar refractivity (Wildman–Crippen MR) is 151 cm³/mol. The highest BCUT2D eigenvalue weighted by Gasteiger charge is 2.49. The van der Waals surface area contributed by atoms with E-state index in [2.05, 4.69) is 92.4 Å². The van der Waals surface area contributed by atoms with Crippen molar-refractivity contribution in [2.45, 2.75) is 75.3 Å². The summed E-state index contributed by atoms with van der Waals surface area (Å²) in [5, 5.41) is 13.2. The summed E-state index contributed by atoms with van der Waals surface area (Å²) >= 11 is 0. The second-order valence-corrected chi connectivity index (χ2v) is 17.3. The minimum atomic E-state index is -1.39. The third kappa shape index (κ3) is 4.32. The molecule has 1 amide bonds. The summed E-state index contributed by atoms with van der Waals surface area (Å²) < 4.78 is 6.05. The summed E-state index contributed by atoms with van der Waals surface area (Å²) in [5.41, 5.74) is 5.02. The Balaban J connectivity index is 1.18. The molecule has 2 aliphatic heterocycles. The van der Waals surface area contributed by atoms with Crippen LogP contribution in [0.5, 0.6) is 0 Å². The number of fused-ring (bicyclic) bond motifs is 5. The van der Waals surface area contributed by atoms with Gasteiger partial charge in [-0.05, 0) is 47.1 Å². The first-order valence-electron chi connectivity index (χ1n) is 13.7. The van der Waals surface area contributed by atoms with Gasteiger partial charge in [0.15, 0.2) is 0 Å². The largest absolute Gasteiger partial charge is 0.448 e. The van der Waals surface area contributed by atoms with Crippen molar-refractivity contribution in [1.29, 1.82) is 0 Å². The van der Waals surface area contributed by atoms with E-state index in [4.69, 9.17) is 4.74 Å². The molecule has 0 spiro atoms. The van der Waals surface area contributed by atoms with Gasteiger partial charge in [-0.1, -0.05) is 97.6 Å². The van der Waals surface area contributed by atoms with Gasteiger partial charge in [-0.2, -0.15) is 0 Å². The van der Waals surface area contributed by atoms with E-state index in [0.29, 0.717) is 19.4 Å². The molecule has 4 nitrogen and oxygen atoms in total. The summed E-state index contributed by atoms with van der Waals surface area (Å²) in [7, 11) is -1.39. The van der Waals surface area contributed by atoms with E-state index >= 15 is 0 Å². The number of ether oxygens (including phenoxy) is 1. The molecule has 2 atom stereocenters. The van der Waals surface area contributed by atoms with E-state index in [1.54, 1.807) is 0 Å². The van der Waals surface area contributed by atoms with Crippen molar-refractivity contribution >= 4 is 19.4 Å². The third-order valence-electron chi connectivity index (χ3n) is 8.84.